The van der Waals surface area contributed by atoms with E-state index in [0.29, 0.717) is 30.6 Å². The molecule has 7 heteroatoms. The second kappa shape index (κ2) is 7.34. The minimum atomic E-state index is -3.56. The Bertz CT molecular complexity index is 912. The summed E-state index contributed by atoms with van der Waals surface area (Å²) in [6.07, 6.45) is 6.40. The molecule has 29 heavy (non-hydrogen) atoms. The van der Waals surface area contributed by atoms with Crippen LogP contribution in [-0.2, 0) is 14.8 Å². The number of hydrogen-bond donors (Lipinski definition) is 1. The van der Waals surface area contributed by atoms with E-state index in [1.807, 2.05) is 20.8 Å². The third kappa shape index (κ3) is 3.68. The minimum Gasteiger partial charge on any atom is -0.325 e. The van der Waals surface area contributed by atoms with Crippen LogP contribution in [0.2, 0.25) is 0 Å². The van der Waals surface area contributed by atoms with E-state index in [0.717, 1.165) is 24.8 Å². The molecule has 5 rings (SSSR count). The van der Waals surface area contributed by atoms with Crippen molar-refractivity contribution in [2.45, 2.75) is 68.5 Å². The van der Waals surface area contributed by atoms with Gasteiger partial charge in [0.15, 0.2) is 0 Å². The van der Waals surface area contributed by atoms with Crippen molar-refractivity contribution in [3.63, 3.8) is 0 Å². The van der Waals surface area contributed by atoms with Gasteiger partial charge >= 0.3 is 0 Å². The van der Waals surface area contributed by atoms with Crippen LogP contribution in [0.1, 0.15) is 57.9 Å². The number of alkyl halides is 1. The van der Waals surface area contributed by atoms with E-state index in [9.17, 15) is 13.2 Å². The van der Waals surface area contributed by atoms with Crippen molar-refractivity contribution in [1.29, 1.82) is 0 Å². The number of carbonyl (C=O) groups is 1. The topological polar surface area (TPSA) is 66.5 Å². The molecule has 4 bridgehead atoms. The van der Waals surface area contributed by atoms with Gasteiger partial charge < -0.3 is 5.32 Å². The first-order valence-electron chi connectivity index (χ1n) is 10.7. The number of sulfonamides is 1. The van der Waals surface area contributed by atoms with E-state index < -0.39 is 10.0 Å². The van der Waals surface area contributed by atoms with Crippen molar-refractivity contribution in [3.8, 4) is 0 Å². The lowest BCUT2D eigenvalue weighted by Crippen LogP contribution is -2.57. The number of aryl methyl sites for hydroxylation is 1. The Morgan fingerprint density at radius 2 is 1.79 bits per heavy atom. The van der Waals surface area contributed by atoms with Gasteiger partial charge in [-0.3, -0.25) is 4.79 Å². The van der Waals surface area contributed by atoms with Gasteiger partial charge in [0.1, 0.15) is 0 Å². The molecule has 0 saturated heterocycles. The van der Waals surface area contributed by atoms with E-state index in [1.54, 1.807) is 18.2 Å². The molecule has 4 aliphatic carbocycles. The summed E-state index contributed by atoms with van der Waals surface area (Å²) in [7, 11) is -3.56. The van der Waals surface area contributed by atoms with Gasteiger partial charge in [0, 0.05) is 23.1 Å². The normalized spacial score (nSPS) is 33.3. The van der Waals surface area contributed by atoms with E-state index in [1.165, 1.54) is 23.6 Å². The Morgan fingerprint density at radius 1 is 1.17 bits per heavy atom. The first-order valence-corrected chi connectivity index (χ1v) is 13.0. The second-order valence-electron chi connectivity index (χ2n) is 9.41. The smallest absolute Gasteiger partial charge is 0.243 e. The van der Waals surface area contributed by atoms with Crippen LogP contribution >= 0.6 is 15.9 Å². The van der Waals surface area contributed by atoms with Crippen LogP contribution in [0.15, 0.2) is 23.1 Å². The van der Waals surface area contributed by atoms with E-state index in [-0.39, 0.29) is 20.5 Å². The molecule has 1 amide bonds. The number of nitrogens with zero attached hydrogens (tertiary/aromatic N) is 1. The molecule has 0 heterocycles. The van der Waals surface area contributed by atoms with Crippen LogP contribution in [0, 0.1) is 24.2 Å². The third-order valence-electron chi connectivity index (χ3n) is 7.27. The number of anilines is 1. The van der Waals surface area contributed by atoms with Crippen LogP contribution in [0.5, 0.6) is 0 Å². The maximum absolute atomic E-state index is 13.5. The molecule has 1 aromatic rings. The molecular formula is C22H31BrN2O3S. The number of benzene rings is 1. The summed E-state index contributed by atoms with van der Waals surface area (Å²) in [6.45, 7) is 6.43. The first-order chi connectivity index (χ1) is 13.6. The minimum absolute atomic E-state index is 0.0657. The Hall–Kier alpha value is -0.920. The molecule has 1 aromatic carbocycles. The third-order valence-corrected chi connectivity index (χ3v) is 10.2. The molecule has 0 radical (unpaired) electrons. The van der Waals surface area contributed by atoms with E-state index >= 15 is 0 Å². The van der Waals surface area contributed by atoms with Crippen molar-refractivity contribution in [3.05, 3.63) is 23.8 Å². The van der Waals surface area contributed by atoms with Crippen molar-refractivity contribution >= 4 is 37.5 Å². The predicted octanol–water partition coefficient (Wildman–Crippen LogP) is 4.70. The number of halogens is 1. The fourth-order valence-corrected chi connectivity index (χ4v) is 9.22. The standard InChI is InChI=1S/C22H31BrN2O3S/c1-4-25(5-2)29(27,28)18-7-6-15(3)19(9-18)24-20(26)21-10-16-8-17(11-21)13-22(23,12-16)14-21/h6-7,9,16-17H,4-5,8,10-14H2,1-3H3,(H,24,26). The molecular weight excluding hydrogens is 452 g/mol. The van der Waals surface area contributed by atoms with Crippen LogP contribution in [0.25, 0.3) is 0 Å². The van der Waals surface area contributed by atoms with Gasteiger partial charge in [0.05, 0.1) is 10.3 Å². The van der Waals surface area contributed by atoms with Crippen molar-refractivity contribution in [2.75, 3.05) is 18.4 Å². The lowest BCUT2D eigenvalue weighted by Gasteiger charge is -2.59. The second-order valence-corrected chi connectivity index (χ2v) is 13.0. The average molecular weight is 483 g/mol. The average Bonchev–Trinajstić information content (AvgIpc) is 2.62. The highest BCUT2D eigenvalue weighted by Gasteiger charge is 2.59. The highest BCUT2D eigenvalue weighted by molar-refractivity contribution is 9.10. The molecule has 1 N–H and O–H groups in total. The summed E-state index contributed by atoms with van der Waals surface area (Å²) in [4.78, 5) is 13.7. The van der Waals surface area contributed by atoms with Gasteiger partial charge in [-0.2, -0.15) is 4.31 Å². The highest BCUT2D eigenvalue weighted by Crippen LogP contribution is 2.64. The maximum Gasteiger partial charge on any atom is 0.243 e. The zero-order chi connectivity index (χ0) is 21.0. The van der Waals surface area contributed by atoms with E-state index in [4.69, 9.17) is 0 Å². The van der Waals surface area contributed by atoms with Gasteiger partial charge in [0.2, 0.25) is 15.9 Å². The Kier molecular flexibility index (Phi) is 5.40. The first kappa shape index (κ1) is 21.3. The quantitative estimate of drug-likeness (QED) is 0.597. The van der Waals surface area contributed by atoms with Crippen molar-refractivity contribution < 1.29 is 13.2 Å². The zero-order valence-electron chi connectivity index (χ0n) is 17.5. The maximum atomic E-state index is 13.5. The Labute approximate surface area is 182 Å². The fourth-order valence-electron chi connectivity index (χ4n) is 6.28. The fraction of sp³-hybridized carbons (Fsp3) is 0.682. The van der Waals surface area contributed by atoms with Crippen LogP contribution < -0.4 is 5.32 Å². The monoisotopic (exact) mass is 482 g/mol. The van der Waals surface area contributed by atoms with E-state index in [2.05, 4.69) is 21.2 Å². The molecule has 0 spiro atoms. The van der Waals surface area contributed by atoms with Gasteiger partial charge in [0.25, 0.3) is 0 Å². The van der Waals surface area contributed by atoms with Crippen molar-refractivity contribution in [2.24, 2.45) is 17.3 Å². The Morgan fingerprint density at radius 3 is 2.34 bits per heavy atom. The number of amides is 1. The summed E-state index contributed by atoms with van der Waals surface area (Å²) in [6, 6.07) is 5.06. The number of nitrogens with one attached hydrogen (secondary N) is 1. The summed E-state index contributed by atoms with van der Waals surface area (Å²) >= 11 is 3.97. The zero-order valence-corrected chi connectivity index (χ0v) is 19.9. The summed E-state index contributed by atoms with van der Waals surface area (Å²) in [5.74, 6) is 1.31. The van der Waals surface area contributed by atoms with Crippen LogP contribution in [0.3, 0.4) is 0 Å². The van der Waals surface area contributed by atoms with Gasteiger partial charge in [-0.05, 0) is 75.0 Å². The van der Waals surface area contributed by atoms with Gasteiger partial charge in [-0.1, -0.05) is 35.8 Å². The van der Waals surface area contributed by atoms with Crippen LogP contribution in [-0.4, -0.2) is 36.0 Å². The summed E-state index contributed by atoms with van der Waals surface area (Å²) < 4.78 is 27.4. The summed E-state index contributed by atoms with van der Waals surface area (Å²) in [5.41, 5.74) is 1.17. The van der Waals surface area contributed by atoms with Gasteiger partial charge in [-0.15, -0.1) is 0 Å². The van der Waals surface area contributed by atoms with Crippen molar-refractivity contribution in [1.82, 2.24) is 4.31 Å². The molecule has 4 aliphatic rings. The predicted molar refractivity (Wildman–Crippen MR) is 119 cm³/mol. The van der Waals surface area contributed by atoms with Gasteiger partial charge in [-0.25, -0.2) is 8.42 Å². The SMILES string of the molecule is CCN(CC)S(=O)(=O)c1ccc(C)c(NC(=O)C23CC4CC(CC(Br)(C4)C2)C3)c1. The molecule has 160 valence electrons. The highest BCUT2D eigenvalue weighted by atomic mass is 79.9. The number of carbonyl (C=O) groups excluding carboxylic acids is 1. The lowest BCUT2D eigenvalue weighted by atomic mass is 9.49. The molecule has 2 unspecified atom stereocenters. The molecule has 4 fully saturated rings. The molecule has 5 nitrogen and oxygen atoms in total. The largest absolute Gasteiger partial charge is 0.325 e. The molecule has 4 saturated carbocycles. The molecule has 2 atom stereocenters. The Balaban J connectivity index is 1.61. The summed E-state index contributed by atoms with van der Waals surface area (Å²) in [5, 5.41) is 3.13. The number of rotatable bonds is 6. The molecule has 0 aliphatic heterocycles. The number of hydrogen-bond acceptors (Lipinski definition) is 3. The molecule has 0 aromatic heterocycles. The van der Waals surface area contributed by atoms with Crippen LogP contribution in [0.4, 0.5) is 5.69 Å². The lowest BCUT2D eigenvalue weighted by molar-refractivity contribution is -0.138.